The molecule has 102 valence electrons. The lowest BCUT2D eigenvalue weighted by Gasteiger charge is -2.22. The predicted octanol–water partition coefficient (Wildman–Crippen LogP) is 3.59. The summed E-state index contributed by atoms with van der Waals surface area (Å²) >= 11 is 1.86. The molecule has 0 aromatic carbocycles. The lowest BCUT2D eigenvalue weighted by molar-refractivity contribution is 0.604. The molecular weight excluding hydrogens is 268 g/mol. The number of aryl methyl sites for hydroxylation is 2. The number of thiophene rings is 1. The van der Waals surface area contributed by atoms with Crippen molar-refractivity contribution in [2.45, 2.75) is 32.2 Å². The van der Waals surface area contributed by atoms with E-state index < -0.39 is 0 Å². The summed E-state index contributed by atoms with van der Waals surface area (Å²) < 4.78 is 1.83. The van der Waals surface area contributed by atoms with Gasteiger partial charge in [-0.15, -0.1) is 16.4 Å². The molecule has 3 heterocycles. The number of pyridine rings is 1. The topological polar surface area (TPSA) is 42.2 Å². The van der Waals surface area contributed by atoms with Gasteiger partial charge >= 0.3 is 0 Å². The van der Waals surface area contributed by atoms with Crippen LogP contribution in [0.2, 0.25) is 0 Å². The smallest absolute Gasteiger partial charge is 0.243 e. The second-order valence-corrected chi connectivity index (χ2v) is 6.33. The summed E-state index contributed by atoms with van der Waals surface area (Å²) in [7, 11) is 0. The summed E-state index contributed by atoms with van der Waals surface area (Å²) in [6, 6.07) is 6.68. The Morgan fingerprint density at radius 1 is 1.40 bits per heavy atom. The number of aromatic nitrogens is 3. The van der Waals surface area contributed by atoms with Crippen molar-refractivity contribution in [2.24, 2.45) is 0 Å². The summed E-state index contributed by atoms with van der Waals surface area (Å²) in [6.45, 7) is 2.07. The van der Waals surface area contributed by atoms with E-state index in [9.17, 15) is 0 Å². The Balaban J connectivity index is 1.65. The van der Waals surface area contributed by atoms with Gasteiger partial charge in [-0.1, -0.05) is 0 Å². The number of anilines is 1. The lowest BCUT2D eigenvalue weighted by atomic mass is 9.94. The maximum absolute atomic E-state index is 4.57. The number of nitrogens with zero attached hydrogens (tertiary/aromatic N) is 3. The van der Waals surface area contributed by atoms with Crippen LogP contribution in [0, 0.1) is 6.92 Å². The van der Waals surface area contributed by atoms with E-state index in [2.05, 4.69) is 39.8 Å². The monoisotopic (exact) mass is 284 g/mol. The van der Waals surface area contributed by atoms with Crippen LogP contribution >= 0.6 is 11.3 Å². The molecule has 1 aliphatic rings. The molecule has 0 spiro atoms. The number of hydrogen-bond acceptors (Lipinski definition) is 4. The zero-order valence-electron chi connectivity index (χ0n) is 11.3. The molecule has 0 saturated heterocycles. The first-order valence-corrected chi connectivity index (χ1v) is 7.83. The van der Waals surface area contributed by atoms with Gasteiger partial charge in [0.05, 0.1) is 6.04 Å². The van der Waals surface area contributed by atoms with E-state index in [4.69, 9.17) is 0 Å². The lowest BCUT2D eigenvalue weighted by Crippen LogP contribution is -2.16. The Morgan fingerprint density at radius 3 is 3.30 bits per heavy atom. The third kappa shape index (κ3) is 1.98. The minimum absolute atomic E-state index is 0.350. The fourth-order valence-corrected chi connectivity index (χ4v) is 3.82. The van der Waals surface area contributed by atoms with Gasteiger partial charge in [0.1, 0.15) is 0 Å². The summed E-state index contributed by atoms with van der Waals surface area (Å²) in [5.41, 5.74) is 3.53. The average molecular weight is 284 g/mol. The van der Waals surface area contributed by atoms with Crippen LogP contribution in [0.4, 0.5) is 5.95 Å². The van der Waals surface area contributed by atoms with Crippen LogP contribution in [0.5, 0.6) is 0 Å². The molecule has 0 fully saturated rings. The number of nitrogens with one attached hydrogen (secondary N) is 1. The van der Waals surface area contributed by atoms with E-state index in [-0.39, 0.29) is 0 Å². The van der Waals surface area contributed by atoms with E-state index in [0.29, 0.717) is 6.04 Å². The third-order valence-corrected chi connectivity index (χ3v) is 4.84. The number of hydrogen-bond donors (Lipinski definition) is 1. The zero-order valence-corrected chi connectivity index (χ0v) is 12.2. The molecule has 0 aliphatic heterocycles. The second kappa shape index (κ2) is 4.59. The van der Waals surface area contributed by atoms with Crippen molar-refractivity contribution in [1.82, 2.24) is 14.6 Å². The molecule has 0 bridgehead atoms. The van der Waals surface area contributed by atoms with Gasteiger partial charge in [-0.05, 0) is 60.9 Å². The molecule has 0 saturated carbocycles. The van der Waals surface area contributed by atoms with Gasteiger partial charge in [0, 0.05) is 11.1 Å². The molecule has 1 aliphatic carbocycles. The van der Waals surface area contributed by atoms with Crippen molar-refractivity contribution in [3.05, 3.63) is 45.8 Å². The Morgan fingerprint density at radius 2 is 2.35 bits per heavy atom. The first-order valence-electron chi connectivity index (χ1n) is 6.95. The highest BCUT2D eigenvalue weighted by molar-refractivity contribution is 7.10. The molecular formula is C15H16N4S. The second-order valence-electron chi connectivity index (χ2n) is 5.33. The van der Waals surface area contributed by atoms with Gasteiger partial charge in [-0.3, -0.25) is 0 Å². The van der Waals surface area contributed by atoms with Crippen LogP contribution in [-0.4, -0.2) is 14.6 Å². The minimum atomic E-state index is 0.350. The van der Waals surface area contributed by atoms with Crippen LogP contribution < -0.4 is 5.32 Å². The normalized spacial score (nSPS) is 18.1. The van der Waals surface area contributed by atoms with Crippen molar-refractivity contribution >= 4 is 22.9 Å². The van der Waals surface area contributed by atoms with Gasteiger partial charge in [0.25, 0.3) is 0 Å². The summed E-state index contributed by atoms with van der Waals surface area (Å²) in [6.07, 6.45) is 5.55. The van der Waals surface area contributed by atoms with Crippen LogP contribution in [-0.2, 0) is 6.42 Å². The van der Waals surface area contributed by atoms with Crippen LogP contribution in [0.15, 0.2) is 29.8 Å². The molecule has 20 heavy (non-hydrogen) atoms. The van der Waals surface area contributed by atoms with Gasteiger partial charge in [0.2, 0.25) is 5.95 Å². The largest absolute Gasteiger partial charge is 0.346 e. The molecule has 4 rings (SSSR count). The Kier molecular flexibility index (Phi) is 2.73. The van der Waals surface area contributed by atoms with E-state index >= 15 is 0 Å². The molecule has 3 aromatic rings. The average Bonchev–Trinajstić information content (AvgIpc) is 3.04. The SMILES string of the molecule is Cc1ccn2nc(NC3CCCc4sccc43)nc2c1. The Bertz CT molecular complexity index is 758. The fourth-order valence-electron chi connectivity index (χ4n) is 2.84. The Hall–Kier alpha value is -1.88. The van der Waals surface area contributed by atoms with E-state index in [1.807, 2.05) is 28.1 Å². The molecule has 1 N–H and O–H groups in total. The highest BCUT2D eigenvalue weighted by Crippen LogP contribution is 2.34. The summed E-state index contributed by atoms with van der Waals surface area (Å²) in [5, 5.41) is 10.2. The van der Waals surface area contributed by atoms with Crippen molar-refractivity contribution in [2.75, 3.05) is 5.32 Å². The summed E-state index contributed by atoms with van der Waals surface area (Å²) in [4.78, 5) is 6.08. The quantitative estimate of drug-likeness (QED) is 0.782. The van der Waals surface area contributed by atoms with Gasteiger partial charge in [0.15, 0.2) is 5.65 Å². The molecule has 0 radical (unpaired) electrons. The standard InChI is InChI=1S/C15H16N4S/c1-10-5-7-19-14(9-10)17-15(18-19)16-12-3-2-4-13-11(12)6-8-20-13/h5-9,12H,2-4H2,1H3,(H,16,18). The first kappa shape index (κ1) is 11.9. The molecule has 5 heteroatoms. The number of rotatable bonds is 2. The van der Waals surface area contributed by atoms with E-state index in [0.717, 1.165) is 18.0 Å². The van der Waals surface area contributed by atoms with Crippen LogP contribution in [0.25, 0.3) is 5.65 Å². The summed E-state index contributed by atoms with van der Waals surface area (Å²) in [5.74, 6) is 0.722. The van der Waals surface area contributed by atoms with E-state index in [1.165, 1.54) is 28.8 Å². The first-order chi connectivity index (χ1) is 9.79. The minimum Gasteiger partial charge on any atom is -0.346 e. The van der Waals surface area contributed by atoms with Crippen molar-refractivity contribution < 1.29 is 0 Å². The van der Waals surface area contributed by atoms with Gasteiger partial charge in [-0.2, -0.15) is 4.98 Å². The number of fused-ring (bicyclic) bond motifs is 2. The fraction of sp³-hybridized carbons (Fsp3) is 0.333. The van der Waals surface area contributed by atoms with Crippen LogP contribution in [0.1, 0.15) is 34.9 Å². The van der Waals surface area contributed by atoms with Crippen molar-refractivity contribution in [3.8, 4) is 0 Å². The highest BCUT2D eigenvalue weighted by Gasteiger charge is 2.22. The van der Waals surface area contributed by atoms with Crippen LogP contribution in [0.3, 0.4) is 0 Å². The van der Waals surface area contributed by atoms with Gasteiger partial charge in [-0.25, -0.2) is 4.52 Å². The maximum Gasteiger partial charge on any atom is 0.243 e. The van der Waals surface area contributed by atoms with E-state index in [1.54, 1.807) is 0 Å². The third-order valence-electron chi connectivity index (χ3n) is 3.85. The molecule has 1 unspecified atom stereocenters. The van der Waals surface area contributed by atoms with Gasteiger partial charge < -0.3 is 5.32 Å². The maximum atomic E-state index is 4.57. The molecule has 3 aromatic heterocycles. The Labute approximate surface area is 121 Å². The predicted molar refractivity (Wildman–Crippen MR) is 81.3 cm³/mol. The molecule has 0 amide bonds. The molecule has 4 nitrogen and oxygen atoms in total. The zero-order chi connectivity index (χ0) is 13.5. The van der Waals surface area contributed by atoms with Crippen molar-refractivity contribution in [1.29, 1.82) is 0 Å². The molecule has 1 atom stereocenters. The highest BCUT2D eigenvalue weighted by atomic mass is 32.1. The van der Waals surface area contributed by atoms with Crippen molar-refractivity contribution in [3.63, 3.8) is 0 Å².